The number of ether oxygens (including phenoxy) is 1. The Labute approximate surface area is 233 Å². The van der Waals surface area contributed by atoms with Crippen LogP contribution in [0.5, 0.6) is 0 Å². The van der Waals surface area contributed by atoms with E-state index in [9.17, 15) is 14.4 Å². The van der Waals surface area contributed by atoms with Crippen molar-refractivity contribution in [3.8, 4) is 0 Å². The summed E-state index contributed by atoms with van der Waals surface area (Å²) in [6.45, 7) is 7.92. The number of aliphatic hydroxyl groups is 1. The van der Waals surface area contributed by atoms with Gasteiger partial charge in [-0.2, -0.15) is 0 Å². The first-order valence-electron chi connectivity index (χ1n) is 13.3. The molecule has 10 heteroatoms. The van der Waals surface area contributed by atoms with Gasteiger partial charge in [0, 0.05) is 22.9 Å². The first kappa shape index (κ1) is 27.5. The summed E-state index contributed by atoms with van der Waals surface area (Å²) in [5, 5.41) is 14.7. The van der Waals surface area contributed by atoms with Crippen LogP contribution in [-0.4, -0.2) is 46.5 Å². The van der Waals surface area contributed by atoms with Crippen molar-refractivity contribution in [1.82, 2.24) is 9.21 Å². The van der Waals surface area contributed by atoms with Gasteiger partial charge >= 0.3 is 0 Å². The Balaban J connectivity index is 1.35. The van der Waals surface area contributed by atoms with Crippen LogP contribution in [0.25, 0.3) is 0 Å². The lowest BCUT2D eigenvalue weighted by atomic mass is 10.1. The maximum absolute atomic E-state index is 14.4. The van der Waals surface area contributed by atoms with Crippen LogP contribution in [0.3, 0.4) is 0 Å². The monoisotopic (exact) mass is 553 g/mol. The number of aliphatic hydroxyl groups excluding tert-OH is 1. The minimum Gasteiger partial charge on any atom is -0.490 e. The molecule has 8 nitrogen and oxygen atoms in total. The summed E-state index contributed by atoms with van der Waals surface area (Å²) in [7, 11) is 0. The number of rotatable bonds is 9. The average Bonchev–Trinajstić information content (AvgIpc) is 3.58. The average molecular weight is 554 g/mol. The minimum absolute atomic E-state index is 0.0641. The predicted molar refractivity (Wildman–Crippen MR) is 154 cm³/mol. The number of nitrogen functional groups attached to an aromatic ring is 1. The molecule has 0 bridgehead atoms. The van der Waals surface area contributed by atoms with Crippen LogP contribution in [0.2, 0.25) is 0 Å². The molecule has 3 aliphatic rings. The van der Waals surface area contributed by atoms with Crippen molar-refractivity contribution < 1.29 is 14.2 Å². The highest BCUT2D eigenvalue weighted by Crippen LogP contribution is 2.46. The quantitative estimate of drug-likeness (QED) is 0.222. The fraction of sp³-hybridized carbons (Fsp3) is 0.448. The third-order valence-corrected chi connectivity index (χ3v) is 8.64. The summed E-state index contributed by atoms with van der Waals surface area (Å²) >= 11 is 1.67. The Kier molecular flexibility index (Phi) is 7.89. The van der Waals surface area contributed by atoms with E-state index in [0.29, 0.717) is 49.3 Å². The SMILES string of the molecule is Cc1cc(F)cc(N2C(C)C/C=C/C(N3CN(SCc4ccc(N=O)c(N)c4)C3)=C(/OCC3(C)CC3)C2O)c1. The molecule has 2 aromatic rings. The zero-order chi connectivity index (χ0) is 27.7. The van der Waals surface area contributed by atoms with Gasteiger partial charge in [0.1, 0.15) is 11.5 Å². The smallest absolute Gasteiger partial charge is 0.188 e. The molecule has 208 valence electrons. The van der Waals surface area contributed by atoms with Gasteiger partial charge in [-0.15, -0.1) is 4.91 Å². The van der Waals surface area contributed by atoms with Gasteiger partial charge < -0.3 is 25.4 Å². The van der Waals surface area contributed by atoms with Crippen LogP contribution in [-0.2, 0) is 10.5 Å². The number of benzene rings is 2. The third-order valence-electron chi connectivity index (χ3n) is 7.58. The Morgan fingerprint density at radius 2 is 2.00 bits per heavy atom. The zero-order valence-corrected chi connectivity index (χ0v) is 23.5. The van der Waals surface area contributed by atoms with Gasteiger partial charge in [0.2, 0.25) is 0 Å². The largest absolute Gasteiger partial charge is 0.490 e. The molecule has 1 saturated heterocycles. The molecule has 2 atom stereocenters. The van der Waals surface area contributed by atoms with Gasteiger partial charge in [0.15, 0.2) is 12.0 Å². The van der Waals surface area contributed by atoms with E-state index < -0.39 is 6.23 Å². The molecular weight excluding hydrogens is 517 g/mol. The van der Waals surface area contributed by atoms with Crippen LogP contribution >= 0.6 is 11.9 Å². The molecule has 0 aromatic heterocycles. The Bertz CT molecular complexity index is 1270. The van der Waals surface area contributed by atoms with E-state index in [1.54, 1.807) is 24.1 Å². The van der Waals surface area contributed by atoms with Crippen molar-refractivity contribution >= 4 is 29.0 Å². The number of nitrogens with two attached hydrogens (primary N) is 1. The molecule has 2 heterocycles. The van der Waals surface area contributed by atoms with Crippen LogP contribution < -0.4 is 10.6 Å². The van der Waals surface area contributed by atoms with Gasteiger partial charge in [-0.1, -0.05) is 31.0 Å². The summed E-state index contributed by atoms with van der Waals surface area (Å²) in [5.41, 5.74) is 9.96. The molecule has 1 aliphatic carbocycles. The first-order chi connectivity index (χ1) is 18.7. The van der Waals surface area contributed by atoms with E-state index in [0.717, 1.165) is 29.7 Å². The molecule has 3 N–H and O–H groups in total. The van der Waals surface area contributed by atoms with Gasteiger partial charge in [0.05, 0.1) is 31.3 Å². The van der Waals surface area contributed by atoms with E-state index in [1.165, 1.54) is 12.1 Å². The van der Waals surface area contributed by atoms with Crippen molar-refractivity contribution in [1.29, 1.82) is 0 Å². The second-order valence-corrected chi connectivity index (χ2v) is 12.2. The second-order valence-electron chi connectivity index (χ2n) is 11.2. The molecule has 0 amide bonds. The lowest BCUT2D eigenvalue weighted by molar-refractivity contribution is 0.0439. The Morgan fingerprint density at radius 1 is 1.23 bits per heavy atom. The van der Waals surface area contributed by atoms with E-state index in [-0.39, 0.29) is 23.0 Å². The molecule has 2 aromatic carbocycles. The molecule has 0 spiro atoms. The molecule has 2 aliphatic heterocycles. The summed E-state index contributed by atoms with van der Waals surface area (Å²) in [4.78, 5) is 14.8. The molecule has 1 saturated carbocycles. The van der Waals surface area contributed by atoms with E-state index in [1.807, 2.05) is 37.0 Å². The number of halogens is 1. The highest BCUT2D eigenvalue weighted by Gasteiger charge is 2.41. The third kappa shape index (κ3) is 6.23. The summed E-state index contributed by atoms with van der Waals surface area (Å²) in [5.74, 6) is 0.885. The Hall–Kier alpha value is -3.08. The maximum atomic E-state index is 14.4. The molecule has 0 radical (unpaired) electrons. The first-order valence-corrected chi connectivity index (χ1v) is 14.2. The number of anilines is 2. The van der Waals surface area contributed by atoms with Crippen LogP contribution in [0.1, 0.15) is 44.2 Å². The van der Waals surface area contributed by atoms with Gasteiger partial charge in [0.25, 0.3) is 0 Å². The molecule has 39 heavy (non-hydrogen) atoms. The topological polar surface area (TPSA) is 94.6 Å². The van der Waals surface area contributed by atoms with Gasteiger partial charge in [-0.3, -0.25) is 0 Å². The summed E-state index contributed by atoms with van der Waals surface area (Å²) < 4.78 is 23.0. The van der Waals surface area contributed by atoms with Crippen molar-refractivity contribution in [2.75, 3.05) is 30.6 Å². The van der Waals surface area contributed by atoms with Crippen molar-refractivity contribution in [3.05, 3.63) is 81.9 Å². The standard InChI is InChI=1S/C29H36FN5O3S/c1-19-11-22(30)14-23(12-19)35-20(2)5-4-6-26(27(28(35)36)38-16-29(3)9-10-29)33-17-34(18-33)39-15-21-7-8-25(32-37)24(31)13-21/h4,6-8,11-14,20,28,36H,5,9-10,15-18,31H2,1-3H3/b6-4+,27-26-. The maximum Gasteiger partial charge on any atom is 0.188 e. The van der Waals surface area contributed by atoms with Crippen LogP contribution in [0.15, 0.2) is 65.2 Å². The Morgan fingerprint density at radius 3 is 2.67 bits per heavy atom. The zero-order valence-electron chi connectivity index (χ0n) is 22.6. The van der Waals surface area contributed by atoms with E-state index >= 15 is 0 Å². The van der Waals surface area contributed by atoms with Gasteiger partial charge in [-0.05, 0) is 85.8 Å². The van der Waals surface area contributed by atoms with Crippen molar-refractivity contribution in [2.24, 2.45) is 10.6 Å². The normalized spacial score (nSPS) is 25.5. The minimum atomic E-state index is -1.06. The molecular formula is C29H36FN5O3S. The van der Waals surface area contributed by atoms with Crippen molar-refractivity contribution in [3.63, 3.8) is 0 Å². The number of nitroso groups, excluding NO2 is 1. The van der Waals surface area contributed by atoms with E-state index in [2.05, 4.69) is 27.4 Å². The predicted octanol–water partition coefficient (Wildman–Crippen LogP) is 6.00. The van der Waals surface area contributed by atoms with Crippen LogP contribution in [0.4, 0.5) is 21.5 Å². The fourth-order valence-electron chi connectivity index (χ4n) is 4.87. The number of nitrogens with zero attached hydrogens (tertiary/aromatic N) is 4. The van der Waals surface area contributed by atoms with Crippen molar-refractivity contribution in [2.45, 2.75) is 58.1 Å². The second kappa shape index (κ2) is 11.2. The number of hydrogen-bond acceptors (Lipinski definition) is 9. The molecule has 5 rings (SSSR count). The van der Waals surface area contributed by atoms with E-state index in [4.69, 9.17) is 10.5 Å². The van der Waals surface area contributed by atoms with Crippen LogP contribution in [0, 0.1) is 23.1 Å². The summed E-state index contributed by atoms with van der Waals surface area (Å²) in [6.07, 6.45) is 6.00. The highest BCUT2D eigenvalue weighted by atomic mass is 32.2. The fourth-order valence-corrected chi connectivity index (χ4v) is 5.82. The number of allylic oxidation sites excluding steroid dienone is 1. The molecule has 2 fully saturated rings. The van der Waals surface area contributed by atoms with Gasteiger partial charge in [-0.25, -0.2) is 8.70 Å². The molecule has 2 unspecified atom stereocenters. The lowest BCUT2D eigenvalue weighted by Gasteiger charge is -2.46. The number of hydrogen-bond donors (Lipinski definition) is 2. The highest BCUT2D eigenvalue weighted by molar-refractivity contribution is 7.96. The summed E-state index contributed by atoms with van der Waals surface area (Å²) in [6, 6.07) is 10.1. The lowest BCUT2D eigenvalue weighted by Crippen LogP contribution is -2.52. The number of aryl methyl sites for hydroxylation is 1.